The fourth-order valence-corrected chi connectivity index (χ4v) is 7.17. The second-order valence-corrected chi connectivity index (χ2v) is 16.3. The van der Waals surface area contributed by atoms with E-state index in [1.54, 1.807) is 122 Å². The zero-order valence-electron chi connectivity index (χ0n) is 39.0. The highest BCUT2D eigenvalue weighted by molar-refractivity contribution is 7.80. The number of rotatable bonds is 18. The van der Waals surface area contributed by atoms with E-state index >= 15 is 0 Å². The quantitative estimate of drug-likeness (QED) is 0.0444. The highest BCUT2D eigenvalue weighted by Crippen LogP contribution is 2.24. The molecule has 7 rings (SSSR count). The first kappa shape index (κ1) is 51.4. The Balaban J connectivity index is 0.000000197. The lowest BCUT2D eigenvalue weighted by molar-refractivity contribution is -0.114. The number of para-hydroxylation sites is 2. The Morgan fingerprint density at radius 2 is 0.912 bits per heavy atom. The Morgan fingerprint density at radius 1 is 0.471 bits per heavy atom. The lowest BCUT2D eigenvalue weighted by atomic mass is 10.0. The van der Waals surface area contributed by atoms with E-state index < -0.39 is 0 Å². The number of nitrogens with one attached hydrogen (secondary N) is 2. The van der Waals surface area contributed by atoms with Crippen molar-refractivity contribution in [3.8, 4) is 11.5 Å². The van der Waals surface area contributed by atoms with E-state index in [1.165, 1.54) is 39.0 Å². The summed E-state index contributed by atoms with van der Waals surface area (Å²) in [5.41, 5.74) is 6.06. The molecule has 0 aliphatic rings. The molecule has 2 N–H and O–H groups in total. The van der Waals surface area contributed by atoms with Gasteiger partial charge in [0, 0.05) is 50.8 Å². The van der Waals surface area contributed by atoms with Crippen LogP contribution >= 0.6 is 12.6 Å². The maximum Gasteiger partial charge on any atom is 0.255 e. The molecule has 0 fully saturated rings. The van der Waals surface area contributed by atoms with Gasteiger partial charge in [-0.25, -0.2) is 0 Å². The summed E-state index contributed by atoms with van der Waals surface area (Å²) in [7, 11) is 1.57. The van der Waals surface area contributed by atoms with Crippen molar-refractivity contribution >= 4 is 53.2 Å². The molecule has 0 aliphatic carbocycles. The molecule has 0 bridgehead atoms. The molecule has 0 spiro atoms. The van der Waals surface area contributed by atoms with Gasteiger partial charge >= 0.3 is 0 Å². The van der Waals surface area contributed by atoms with E-state index in [-0.39, 0.29) is 29.2 Å². The Labute approximate surface area is 405 Å². The third kappa shape index (κ3) is 15.8. The predicted molar refractivity (Wildman–Crippen MR) is 275 cm³/mol. The third-order valence-corrected chi connectivity index (χ3v) is 11.0. The third-order valence-electron chi connectivity index (χ3n) is 10.6. The Morgan fingerprint density at radius 3 is 1.44 bits per heavy atom. The Kier molecular flexibility index (Phi) is 20.5. The standard InChI is InChI=1S/C23H29NO3.C21H17NO3.C14H12OS/c1-3-4-5-6-7-10-17-27-20-15-13-19(14-16-20)23(26)21-11-8-9-12-22(21)24-18(2)25;1-25-17-13-11-15(12-14-17)20(23)18-9-5-6-10-19(18)22-21(24)16-7-3-2-4-8-16;1-10-6-8-11(9-7-10)14(15)12-4-2-3-5-13(12)16/h8-9,11-16H,3-7,10,17H2,1-2H3,(H,24,25);2-14H,1H3,(H,22,24);2-9,16H,1H3. The first-order valence-corrected chi connectivity index (χ1v) is 23.1. The summed E-state index contributed by atoms with van der Waals surface area (Å²) in [6.45, 7) is 6.35. The van der Waals surface area contributed by atoms with Crippen molar-refractivity contribution in [3.05, 3.63) is 220 Å². The first-order valence-electron chi connectivity index (χ1n) is 22.7. The van der Waals surface area contributed by atoms with Gasteiger partial charge in [0.15, 0.2) is 17.3 Å². The van der Waals surface area contributed by atoms with Crippen molar-refractivity contribution in [2.24, 2.45) is 0 Å². The van der Waals surface area contributed by atoms with Gasteiger partial charge in [-0.1, -0.05) is 123 Å². The van der Waals surface area contributed by atoms with E-state index in [4.69, 9.17) is 9.47 Å². The van der Waals surface area contributed by atoms with E-state index in [9.17, 15) is 24.0 Å². The highest BCUT2D eigenvalue weighted by atomic mass is 32.1. The number of unbranched alkanes of at least 4 members (excludes halogenated alkanes) is 5. The Bertz CT molecular complexity index is 2740. The summed E-state index contributed by atoms with van der Waals surface area (Å²) in [6.07, 6.45) is 7.37. The number of carbonyl (C=O) groups excluding carboxylic acids is 5. The highest BCUT2D eigenvalue weighted by Gasteiger charge is 2.17. The van der Waals surface area contributed by atoms with Crippen molar-refractivity contribution in [3.63, 3.8) is 0 Å². The zero-order valence-corrected chi connectivity index (χ0v) is 39.9. The average Bonchev–Trinajstić information content (AvgIpc) is 3.37. The van der Waals surface area contributed by atoms with Crippen molar-refractivity contribution in [2.45, 2.75) is 64.2 Å². The minimum atomic E-state index is -0.254. The summed E-state index contributed by atoms with van der Waals surface area (Å²) in [6, 6.07) is 51.9. The lowest BCUT2D eigenvalue weighted by Crippen LogP contribution is -2.15. The van der Waals surface area contributed by atoms with Gasteiger partial charge in [0.1, 0.15) is 11.5 Å². The minimum absolute atomic E-state index is 0.0191. The van der Waals surface area contributed by atoms with Crippen LogP contribution in [0.1, 0.15) is 116 Å². The number of methoxy groups -OCH3 is 1. The van der Waals surface area contributed by atoms with Crippen LogP contribution in [0.15, 0.2) is 181 Å². The number of anilines is 2. The summed E-state index contributed by atoms with van der Waals surface area (Å²) < 4.78 is 10.9. The molecule has 10 heteroatoms. The topological polar surface area (TPSA) is 128 Å². The van der Waals surface area contributed by atoms with Crippen molar-refractivity contribution in [2.75, 3.05) is 24.4 Å². The van der Waals surface area contributed by atoms with Gasteiger partial charge in [-0.15, -0.1) is 12.6 Å². The molecular formula is C58H58N2O7S. The van der Waals surface area contributed by atoms with Crippen LogP contribution in [-0.2, 0) is 4.79 Å². The number of aryl methyl sites for hydroxylation is 1. The molecule has 7 aromatic carbocycles. The van der Waals surface area contributed by atoms with E-state index in [2.05, 4.69) is 30.2 Å². The van der Waals surface area contributed by atoms with Crippen LogP contribution in [0.25, 0.3) is 0 Å². The molecule has 2 amide bonds. The van der Waals surface area contributed by atoms with Gasteiger partial charge in [0.2, 0.25) is 5.91 Å². The molecule has 348 valence electrons. The second-order valence-electron chi connectivity index (χ2n) is 15.8. The van der Waals surface area contributed by atoms with Gasteiger partial charge in [0.25, 0.3) is 5.91 Å². The number of thiol groups is 1. The monoisotopic (exact) mass is 926 g/mol. The maximum atomic E-state index is 12.8. The number of carbonyl (C=O) groups is 5. The number of hydrogen-bond donors (Lipinski definition) is 3. The van der Waals surface area contributed by atoms with Crippen LogP contribution in [0, 0.1) is 6.92 Å². The van der Waals surface area contributed by atoms with Crippen LogP contribution in [0.2, 0.25) is 0 Å². The lowest BCUT2D eigenvalue weighted by Gasteiger charge is -2.11. The van der Waals surface area contributed by atoms with Gasteiger partial charge in [0.05, 0.1) is 25.1 Å². The van der Waals surface area contributed by atoms with Gasteiger partial charge in [-0.2, -0.15) is 0 Å². The fraction of sp³-hybridized carbons (Fsp3) is 0.190. The molecule has 0 aromatic heterocycles. The molecule has 0 saturated carbocycles. The number of ketones is 3. The Hall–Kier alpha value is -7.56. The van der Waals surface area contributed by atoms with Crippen molar-refractivity contribution in [1.82, 2.24) is 0 Å². The van der Waals surface area contributed by atoms with Crippen LogP contribution in [0.5, 0.6) is 11.5 Å². The van der Waals surface area contributed by atoms with Crippen LogP contribution in [0.3, 0.4) is 0 Å². The smallest absolute Gasteiger partial charge is 0.255 e. The molecule has 0 unspecified atom stereocenters. The largest absolute Gasteiger partial charge is 0.497 e. The van der Waals surface area contributed by atoms with Crippen LogP contribution in [-0.4, -0.2) is 42.9 Å². The molecule has 0 heterocycles. The number of amides is 2. The van der Waals surface area contributed by atoms with E-state index in [0.29, 0.717) is 67.6 Å². The van der Waals surface area contributed by atoms with Crippen LogP contribution < -0.4 is 20.1 Å². The first-order chi connectivity index (χ1) is 33.0. The SMILES string of the molecule is CCCCCCCCOc1ccc(C(=O)c2ccccc2NC(C)=O)cc1.COc1ccc(C(=O)c2ccccc2NC(=O)c2ccccc2)cc1.Cc1ccc(C(=O)c2ccccc2S)cc1. The maximum absolute atomic E-state index is 12.8. The van der Waals surface area contributed by atoms with E-state index in [1.807, 2.05) is 67.6 Å². The fourth-order valence-electron chi connectivity index (χ4n) is 6.91. The average molecular weight is 927 g/mol. The molecule has 9 nitrogen and oxygen atoms in total. The molecule has 68 heavy (non-hydrogen) atoms. The second kappa shape index (κ2) is 27.2. The van der Waals surface area contributed by atoms with Crippen molar-refractivity contribution < 1.29 is 33.4 Å². The summed E-state index contributed by atoms with van der Waals surface area (Å²) in [5, 5.41) is 5.52. The van der Waals surface area contributed by atoms with Crippen LogP contribution in [0.4, 0.5) is 11.4 Å². The minimum Gasteiger partial charge on any atom is -0.497 e. The van der Waals surface area contributed by atoms with Crippen molar-refractivity contribution in [1.29, 1.82) is 0 Å². The van der Waals surface area contributed by atoms with Gasteiger partial charge in [-0.3, -0.25) is 24.0 Å². The summed E-state index contributed by atoms with van der Waals surface area (Å²) >= 11 is 4.29. The molecule has 0 saturated heterocycles. The molecule has 0 aliphatic heterocycles. The van der Waals surface area contributed by atoms with Gasteiger partial charge in [-0.05, 0) is 110 Å². The zero-order chi connectivity index (χ0) is 48.7. The van der Waals surface area contributed by atoms with E-state index in [0.717, 1.165) is 17.7 Å². The summed E-state index contributed by atoms with van der Waals surface area (Å²) in [5.74, 6) is 0.737. The normalized spacial score (nSPS) is 10.2. The number of hydrogen-bond acceptors (Lipinski definition) is 8. The summed E-state index contributed by atoms with van der Waals surface area (Å²) in [4.78, 5) is 62.1. The molecule has 7 aromatic rings. The molecule has 0 atom stereocenters. The number of ether oxygens (including phenoxy) is 2. The molecular weight excluding hydrogens is 869 g/mol. The number of benzene rings is 7. The predicted octanol–water partition coefficient (Wildman–Crippen LogP) is 13.3. The van der Waals surface area contributed by atoms with Gasteiger partial charge < -0.3 is 20.1 Å². The molecule has 0 radical (unpaired) electrons.